The molecular weight excluding hydrogens is 316 g/mol. The average molecular weight is 344 g/mol. The zero-order valence-corrected chi connectivity index (χ0v) is 14.9. The summed E-state index contributed by atoms with van der Waals surface area (Å²) < 4.78 is 7.71. The second-order valence-corrected chi connectivity index (χ2v) is 8.66. The van der Waals surface area contributed by atoms with Crippen LogP contribution in [0.2, 0.25) is 0 Å². The molecule has 3 heterocycles. The molecule has 1 aromatic heterocycles. The van der Waals surface area contributed by atoms with E-state index in [0.717, 1.165) is 57.4 Å². The van der Waals surface area contributed by atoms with E-state index >= 15 is 0 Å². The van der Waals surface area contributed by atoms with Crippen LogP contribution in [-0.4, -0.2) is 51.9 Å². The molecule has 2 aliphatic carbocycles. The van der Waals surface area contributed by atoms with Crippen molar-refractivity contribution in [2.45, 2.75) is 57.4 Å². The van der Waals surface area contributed by atoms with Crippen molar-refractivity contribution in [1.29, 1.82) is 0 Å². The van der Waals surface area contributed by atoms with Crippen molar-refractivity contribution in [2.75, 3.05) is 26.3 Å². The summed E-state index contributed by atoms with van der Waals surface area (Å²) in [6.07, 6.45) is 10.1. The molecule has 0 aromatic carbocycles. The number of hydrogen-bond acceptors (Lipinski definition) is 4. The Morgan fingerprint density at radius 2 is 2.04 bits per heavy atom. The Kier molecular flexibility index (Phi) is 3.84. The van der Waals surface area contributed by atoms with Crippen molar-refractivity contribution in [3.8, 4) is 0 Å². The van der Waals surface area contributed by atoms with E-state index < -0.39 is 0 Å². The van der Waals surface area contributed by atoms with Gasteiger partial charge in [0.05, 0.1) is 0 Å². The molecule has 6 nitrogen and oxygen atoms in total. The quantitative estimate of drug-likeness (QED) is 0.840. The van der Waals surface area contributed by atoms with Gasteiger partial charge >= 0.3 is 0 Å². The summed E-state index contributed by atoms with van der Waals surface area (Å²) >= 11 is 0. The first-order valence-corrected chi connectivity index (χ1v) is 9.99. The molecule has 136 valence electrons. The number of hydrogen-bond donors (Lipinski definition) is 0. The Hall–Kier alpha value is -1.43. The first-order valence-electron chi connectivity index (χ1n) is 9.99. The molecule has 1 atom stereocenters. The zero-order valence-electron chi connectivity index (χ0n) is 14.9. The molecule has 1 spiro atoms. The van der Waals surface area contributed by atoms with Crippen molar-refractivity contribution in [1.82, 2.24) is 19.7 Å². The average Bonchev–Trinajstić information content (AvgIpc) is 3.15. The van der Waals surface area contributed by atoms with Crippen LogP contribution in [0.1, 0.15) is 56.7 Å². The predicted octanol–water partition coefficient (Wildman–Crippen LogP) is 2.21. The summed E-state index contributed by atoms with van der Waals surface area (Å²) in [6.45, 7) is 4.27. The van der Waals surface area contributed by atoms with Gasteiger partial charge in [-0.05, 0) is 49.9 Å². The number of rotatable bonds is 4. The summed E-state index contributed by atoms with van der Waals surface area (Å²) in [5.74, 6) is 2.83. The van der Waals surface area contributed by atoms with Gasteiger partial charge in [-0.15, -0.1) is 10.2 Å². The second-order valence-electron chi connectivity index (χ2n) is 8.66. The number of ether oxygens (including phenoxy) is 1. The van der Waals surface area contributed by atoms with Crippen LogP contribution >= 0.6 is 0 Å². The molecule has 0 radical (unpaired) electrons. The predicted molar refractivity (Wildman–Crippen MR) is 91.9 cm³/mol. The van der Waals surface area contributed by atoms with Gasteiger partial charge in [-0.3, -0.25) is 4.79 Å². The number of nitrogens with zero attached hydrogens (tertiary/aromatic N) is 4. The lowest BCUT2D eigenvalue weighted by atomic mass is 9.62. The Bertz CT molecular complexity index is 644. The van der Waals surface area contributed by atoms with Crippen LogP contribution in [0, 0.1) is 17.3 Å². The number of carbonyl (C=O) groups excluding carboxylic acids is 1. The fraction of sp³-hybridized carbons (Fsp3) is 0.842. The molecular formula is C19H28N4O2. The highest BCUT2D eigenvalue weighted by Crippen LogP contribution is 2.55. The number of carbonyl (C=O) groups is 1. The minimum absolute atomic E-state index is 0.161. The second kappa shape index (κ2) is 6.08. The number of aromatic nitrogens is 3. The fourth-order valence-corrected chi connectivity index (χ4v) is 5.09. The number of amides is 1. The van der Waals surface area contributed by atoms with E-state index in [1.165, 1.54) is 32.1 Å². The fourth-order valence-electron chi connectivity index (χ4n) is 5.09. The minimum Gasteiger partial charge on any atom is -0.381 e. The zero-order chi connectivity index (χ0) is 16.9. The summed E-state index contributed by atoms with van der Waals surface area (Å²) in [5, 5.41) is 8.74. The monoisotopic (exact) mass is 344 g/mol. The van der Waals surface area contributed by atoms with Crippen molar-refractivity contribution in [3.63, 3.8) is 0 Å². The largest absolute Gasteiger partial charge is 0.381 e. The smallest absolute Gasteiger partial charge is 0.225 e. The van der Waals surface area contributed by atoms with Gasteiger partial charge in [-0.1, -0.05) is 6.42 Å². The Balaban J connectivity index is 1.36. The first kappa shape index (κ1) is 15.8. The minimum atomic E-state index is 0.161. The highest BCUT2D eigenvalue weighted by atomic mass is 16.5. The highest BCUT2D eigenvalue weighted by Gasteiger charge is 2.54. The molecule has 0 bridgehead atoms. The van der Waals surface area contributed by atoms with Crippen molar-refractivity contribution < 1.29 is 9.53 Å². The van der Waals surface area contributed by atoms with Gasteiger partial charge in [0.2, 0.25) is 5.91 Å². The van der Waals surface area contributed by atoms with E-state index in [0.29, 0.717) is 11.8 Å². The molecule has 1 aromatic rings. The first-order chi connectivity index (χ1) is 12.3. The topological polar surface area (TPSA) is 60.2 Å². The van der Waals surface area contributed by atoms with E-state index in [1.807, 2.05) is 6.33 Å². The normalized spacial score (nSPS) is 29.1. The maximum Gasteiger partial charge on any atom is 0.225 e. The molecule has 25 heavy (non-hydrogen) atoms. The van der Waals surface area contributed by atoms with Crippen LogP contribution < -0.4 is 0 Å². The third-order valence-corrected chi connectivity index (χ3v) is 6.99. The van der Waals surface area contributed by atoms with Crippen molar-refractivity contribution in [2.24, 2.45) is 17.3 Å². The maximum atomic E-state index is 13.0. The van der Waals surface area contributed by atoms with Gasteiger partial charge in [0, 0.05) is 44.7 Å². The van der Waals surface area contributed by atoms with Gasteiger partial charge in [-0.2, -0.15) is 0 Å². The van der Waals surface area contributed by atoms with Crippen LogP contribution in [0.25, 0.3) is 0 Å². The molecule has 1 amide bonds. The summed E-state index contributed by atoms with van der Waals surface area (Å²) in [5.41, 5.74) is 0.259. The van der Waals surface area contributed by atoms with Crippen LogP contribution in [0.3, 0.4) is 0 Å². The Morgan fingerprint density at radius 1 is 1.24 bits per heavy atom. The lowest BCUT2D eigenvalue weighted by Crippen LogP contribution is -2.40. The van der Waals surface area contributed by atoms with Crippen LogP contribution in [0.5, 0.6) is 0 Å². The lowest BCUT2D eigenvalue weighted by molar-refractivity contribution is -0.138. The summed E-state index contributed by atoms with van der Waals surface area (Å²) in [4.78, 5) is 15.2. The van der Waals surface area contributed by atoms with E-state index in [1.54, 1.807) is 0 Å². The third-order valence-electron chi connectivity index (χ3n) is 6.99. The van der Waals surface area contributed by atoms with E-state index in [-0.39, 0.29) is 11.3 Å². The molecule has 4 aliphatic rings. The van der Waals surface area contributed by atoms with E-state index in [4.69, 9.17) is 4.74 Å². The van der Waals surface area contributed by atoms with Gasteiger partial charge in [0.15, 0.2) is 0 Å². The van der Waals surface area contributed by atoms with Gasteiger partial charge < -0.3 is 14.2 Å². The number of likely N-dealkylation sites (tertiary alicyclic amines) is 1. The Morgan fingerprint density at radius 3 is 2.72 bits per heavy atom. The summed E-state index contributed by atoms with van der Waals surface area (Å²) in [6, 6.07) is 0. The van der Waals surface area contributed by atoms with Crippen LogP contribution in [0.15, 0.2) is 6.33 Å². The van der Waals surface area contributed by atoms with Gasteiger partial charge in [0.25, 0.3) is 0 Å². The maximum absolute atomic E-state index is 13.0. The van der Waals surface area contributed by atoms with Crippen LogP contribution in [0.4, 0.5) is 0 Å². The molecule has 0 N–H and O–H groups in total. The Labute approximate surface area is 148 Å². The molecule has 2 aliphatic heterocycles. The van der Waals surface area contributed by atoms with Crippen LogP contribution in [-0.2, 0) is 16.1 Å². The third kappa shape index (κ3) is 2.78. The SMILES string of the molecule is O=C(C1CCOCC1)N1CC(c2nncn2CC2CC2)C2(CCC2)C1. The molecule has 1 unspecified atom stereocenters. The van der Waals surface area contributed by atoms with E-state index in [9.17, 15) is 4.79 Å². The molecule has 2 saturated carbocycles. The van der Waals surface area contributed by atoms with Gasteiger partial charge in [-0.25, -0.2) is 0 Å². The molecule has 5 rings (SSSR count). The van der Waals surface area contributed by atoms with Crippen molar-refractivity contribution >= 4 is 5.91 Å². The lowest BCUT2D eigenvalue weighted by Gasteiger charge is -2.42. The highest BCUT2D eigenvalue weighted by molar-refractivity contribution is 5.79. The van der Waals surface area contributed by atoms with Crippen molar-refractivity contribution in [3.05, 3.63) is 12.2 Å². The van der Waals surface area contributed by atoms with E-state index in [2.05, 4.69) is 19.7 Å². The molecule has 4 fully saturated rings. The van der Waals surface area contributed by atoms with Gasteiger partial charge in [0.1, 0.15) is 12.2 Å². The standard InChI is InChI=1S/C19H28N4O2/c24-18(15-4-8-25-9-5-15)22-11-16(19(12-22)6-1-7-19)17-21-20-13-23(17)10-14-2-3-14/h13-16H,1-12H2. The molecule has 2 saturated heterocycles. The summed E-state index contributed by atoms with van der Waals surface area (Å²) in [7, 11) is 0. The molecule has 6 heteroatoms.